The molecule has 2 aliphatic rings. The number of amides is 1. The van der Waals surface area contributed by atoms with Crippen molar-refractivity contribution in [1.29, 1.82) is 0 Å². The van der Waals surface area contributed by atoms with E-state index in [2.05, 4.69) is 15.3 Å². The minimum absolute atomic E-state index is 0.0177. The van der Waals surface area contributed by atoms with Gasteiger partial charge in [-0.25, -0.2) is 4.98 Å². The lowest BCUT2D eigenvalue weighted by Gasteiger charge is -2.23. The molecule has 2 aromatic heterocycles. The fourth-order valence-electron chi connectivity index (χ4n) is 4.27. The minimum Gasteiger partial charge on any atom is -0.481 e. The van der Waals surface area contributed by atoms with Gasteiger partial charge in [0.2, 0.25) is 5.91 Å². The van der Waals surface area contributed by atoms with E-state index in [1.54, 1.807) is 24.5 Å². The summed E-state index contributed by atoms with van der Waals surface area (Å²) in [6, 6.07) is 9.05. The van der Waals surface area contributed by atoms with Crippen molar-refractivity contribution < 1.29 is 19.4 Å². The van der Waals surface area contributed by atoms with Crippen LogP contribution >= 0.6 is 11.3 Å². The lowest BCUT2D eigenvalue weighted by Crippen LogP contribution is -2.36. The topological polar surface area (TPSA) is 101 Å². The van der Waals surface area contributed by atoms with Crippen LogP contribution < -0.4 is 10.1 Å². The fraction of sp³-hybridized carbons (Fsp3) is 0.238. The molecule has 1 saturated carbocycles. The van der Waals surface area contributed by atoms with Gasteiger partial charge in [0, 0.05) is 18.5 Å². The molecule has 1 aromatic carbocycles. The predicted molar refractivity (Wildman–Crippen MR) is 108 cm³/mol. The Morgan fingerprint density at radius 3 is 2.59 bits per heavy atom. The maximum Gasteiger partial charge on any atom is 0.307 e. The van der Waals surface area contributed by atoms with Crippen LogP contribution in [-0.4, -0.2) is 27.0 Å². The number of carbonyl (C=O) groups excluding carboxylic acids is 1. The first-order valence-electron chi connectivity index (χ1n) is 9.29. The third-order valence-electron chi connectivity index (χ3n) is 5.52. The molecule has 5 rings (SSSR count). The summed E-state index contributed by atoms with van der Waals surface area (Å²) >= 11 is 1.34. The summed E-state index contributed by atoms with van der Waals surface area (Å²) in [4.78, 5) is 32.9. The molecule has 0 aliphatic heterocycles. The van der Waals surface area contributed by atoms with E-state index in [0.29, 0.717) is 16.6 Å². The first kappa shape index (κ1) is 17.8. The molecule has 29 heavy (non-hydrogen) atoms. The lowest BCUT2D eigenvalue weighted by molar-refractivity contribution is -0.146. The van der Waals surface area contributed by atoms with Gasteiger partial charge < -0.3 is 15.2 Å². The number of carboxylic acids is 1. The van der Waals surface area contributed by atoms with Crippen molar-refractivity contribution in [3.05, 3.63) is 54.9 Å². The monoisotopic (exact) mass is 407 g/mol. The molecule has 3 aromatic rings. The van der Waals surface area contributed by atoms with Gasteiger partial charge >= 0.3 is 5.97 Å². The van der Waals surface area contributed by atoms with E-state index in [9.17, 15) is 14.7 Å². The van der Waals surface area contributed by atoms with Crippen LogP contribution in [0, 0.1) is 23.7 Å². The molecule has 4 atom stereocenters. The maximum absolute atomic E-state index is 12.8. The molecular weight excluding hydrogens is 390 g/mol. The molecule has 2 aliphatic carbocycles. The number of carbonyl (C=O) groups is 2. The van der Waals surface area contributed by atoms with Crippen LogP contribution in [0.5, 0.6) is 11.5 Å². The molecule has 0 radical (unpaired) electrons. The Morgan fingerprint density at radius 1 is 1.07 bits per heavy atom. The van der Waals surface area contributed by atoms with Gasteiger partial charge in [-0.05, 0) is 42.5 Å². The van der Waals surface area contributed by atoms with Crippen molar-refractivity contribution in [3.8, 4) is 11.5 Å². The number of carboxylic acid groups (broad SMARTS) is 1. The third kappa shape index (κ3) is 3.25. The standard InChI is InChI=1S/C21H17N3O4S/c25-19(17-11-1-2-12(9-11)18(17)20(26)27)24-21-23-15-4-3-14(10-16(15)29-21)28-13-5-7-22-8-6-13/h1-8,10-12,17-18H,9H2,(H,26,27)(H,23,24,25)/t11?,12?,17-,18+/m1/s1. The number of hydrogen-bond donors (Lipinski definition) is 2. The number of allylic oxidation sites excluding steroid dienone is 2. The Kier molecular flexibility index (Phi) is 4.28. The Hall–Kier alpha value is -3.26. The molecule has 2 N–H and O–H groups in total. The van der Waals surface area contributed by atoms with E-state index in [4.69, 9.17) is 4.74 Å². The molecule has 1 fully saturated rings. The van der Waals surface area contributed by atoms with Crippen LogP contribution in [0.2, 0.25) is 0 Å². The Bertz CT molecular complexity index is 1130. The average molecular weight is 407 g/mol. The molecule has 2 bridgehead atoms. The summed E-state index contributed by atoms with van der Waals surface area (Å²) in [6.45, 7) is 0. The number of benzene rings is 1. The highest BCUT2D eigenvalue weighted by atomic mass is 32.1. The molecule has 2 heterocycles. The SMILES string of the molecule is O=C(Nc1nc2ccc(Oc3ccncc3)cc2s1)[C@@H]1C2C=CC(C2)[C@@H]1C(=O)O. The van der Waals surface area contributed by atoms with Crippen molar-refractivity contribution >= 4 is 38.6 Å². The van der Waals surface area contributed by atoms with E-state index < -0.39 is 17.8 Å². The van der Waals surface area contributed by atoms with E-state index in [1.807, 2.05) is 30.4 Å². The van der Waals surface area contributed by atoms with Gasteiger partial charge in [-0.2, -0.15) is 0 Å². The number of nitrogens with one attached hydrogen (secondary N) is 1. The summed E-state index contributed by atoms with van der Waals surface area (Å²) in [5.41, 5.74) is 0.745. The minimum atomic E-state index is -0.913. The molecule has 8 heteroatoms. The number of nitrogens with zero attached hydrogens (tertiary/aromatic N) is 2. The maximum atomic E-state index is 12.8. The molecular formula is C21H17N3O4S. The van der Waals surface area contributed by atoms with Crippen molar-refractivity contribution in [2.45, 2.75) is 6.42 Å². The zero-order valence-corrected chi connectivity index (χ0v) is 16.0. The first-order chi connectivity index (χ1) is 14.1. The van der Waals surface area contributed by atoms with Crippen LogP contribution in [0.1, 0.15) is 6.42 Å². The number of fused-ring (bicyclic) bond motifs is 3. The van der Waals surface area contributed by atoms with Crippen molar-refractivity contribution in [3.63, 3.8) is 0 Å². The van der Waals surface area contributed by atoms with Crippen LogP contribution in [0.3, 0.4) is 0 Å². The fourth-order valence-corrected chi connectivity index (χ4v) is 5.17. The first-order valence-corrected chi connectivity index (χ1v) is 10.1. The number of ether oxygens (including phenoxy) is 1. The summed E-state index contributed by atoms with van der Waals surface area (Å²) in [5.74, 6) is -1.14. The summed E-state index contributed by atoms with van der Waals surface area (Å²) in [5, 5.41) is 12.8. The van der Waals surface area contributed by atoms with Crippen LogP contribution in [0.15, 0.2) is 54.9 Å². The Morgan fingerprint density at radius 2 is 1.83 bits per heavy atom. The van der Waals surface area contributed by atoms with Crippen molar-refractivity contribution in [1.82, 2.24) is 9.97 Å². The van der Waals surface area contributed by atoms with E-state index in [-0.39, 0.29) is 17.7 Å². The highest BCUT2D eigenvalue weighted by molar-refractivity contribution is 7.22. The van der Waals surface area contributed by atoms with E-state index in [1.165, 1.54) is 11.3 Å². The number of thiazole rings is 1. The quantitative estimate of drug-likeness (QED) is 0.621. The number of aliphatic carboxylic acids is 1. The Balaban J connectivity index is 1.35. The second-order valence-electron chi connectivity index (χ2n) is 7.26. The number of rotatable bonds is 5. The van der Waals surface area contributed by atoms with Gasteiger partial charge in [0.05, 0.1) is 22.1 Å². The van der Waals surface area contributed by atoms with Gasteiger partial charge in [0.25, 0.3) is 0 Å². The lowest BCUT2D eigenvalue weighted by atomic mass is 9.82. The molecule has 0 saturated heterocycles. The molecule has 1 amide bonds. The number of anilines is 1. The van der Waals surface area contributed by atoms with Gasteiger partial charge in [-0.15, -0.1) is 0 Å². The largest absolute Gasteiger partial charge is 0.481 e. The molecule has 0 spiro atoms. The highest BCUT2D eigenvalue weighted by Crippen LogP contribution is 2.48. The second-order valence-corrected chi connectivity index (χ2v) is 8.29. The van der Waals surface area contributed by atoms with E-state index in [0.717, 1.165) is 16.6 Å². The van der Waals surface area contributed by atoms with Crippen LogP contribution in [0.25, 0.3) is 10.2 Å². The van der Waals surface area contributed by atoms with Gasteiger partial charge in [0.15, 0.2) is 5.13 Å². The van der Waals surface area contributed by atoms with Crippen LogP contribution in [0.4, 0.5) is 5.13 Å². The van der Waals surface area contributed by atoms with Gasteiger partial charge in [-0.1, -0.05) is 23.5 Å². The summed E-state index contributed by atoms with van der Waals surface area (Å²) < 4.78 is 6.68. The van der Waals surface area contributed by atoms with Crippen molar-refractivity contribution in [2.75, 3.05) is 5.32 Å². The van der Waals surface area contributed by atoms with Crippen molar-refractivity contribution in [2.24, 2.45) is 23.7 Å². The number of hydrogen-bond acceptors (Lipinski definition) is 6. The second kappa shape index (κ2) is 6.97. The summed E-state index contributed by atoms with van der Waals surface area (Å²) in [6.07, 6.45) is 7.93. The van der Waals surface area contributed by atoms with Gasteiger partial charge in [0.1, 0.15) is 11.5 Å². The molecule has 7 nitrogen and oxygen atoms in total. The predicted octanol–water partition coefficient (Wildman–Crippen LogP) is 3.95. The molecule has 2 unspecified atom stereocenters. The normalized spacial score (nSPS) is 24.7. The highest BCUT2D eigenvalue weighted by Gasteiger charge is 2.51. The Labute approximate surface area is 170 Å². The number of aromatic nitrogens is 2. The zero-order valence-electron chi connectivity index (χ0n) is 15.2. The van der Waals surface area contributed by atoms with E-state index >= 15 is 0 Å². The third-order valence-corrected chi connectivity index (χ3v) is 6.46. The summed E-state index contributed by atoms with van der Waals surface area (Å²) in [7, 11) is 0. The average Bonchev–Trinajstić information content (AvgIpc) is 3.42. The van der Waals surface area contributed by atoms with Crippen LogP contribution in [-0.2, 0) is 9.59 Å². The number of pyridine rings is 1. The smallest absolute Gasteiger partial charge is 0.307 e. The molecule has 146 valence electrons. The zero-order chi connectivity index (χ0) is 20.0. The van der Waals surface area contributed by atoms with Gasteiger partial charge in [-0.3, -0.25) is 14.6 Å².